The molecule has 3 aromatic rings. The van der Waals surface area contributed by atoms with Crippen LogP contribution in [0.15, 0.2) is 59.7 Å². The Morgan fingerprint density at radius 3 is 2.30 bits per heavy atom. The zero-order valence-corrected chi connectivity index (χ0v) is 18.7. The number of guanidine groups is 1. The van der Waals surface area contributed by atoms with Gasteiger partial charge in [-0.1, -0.05) is 0 Å². The number of benzene rings is 2. The number of aliphatic imine (C=N–C) groups is 1. The molecule has 0 aliphatic heterocycles. The van der Waals surface area contributed by atoms with Crippen LogP contribution in [0.25, 0.3) is 5.69 Å². The molecule has 0 bridgehead atoms. The van der Waals surface area contributed by atoms with E-state index in [4.69, 9.17) is 0 Å². The average Bonchev–Trinajstić information content (AvgIpc) is 3.18. The van der Waals surface area contributed by atoms with E-state index in [-0.39, 0.29) is 29.8 Å². The number of halogens is 4. The molecule has 2 aromatic carbocycles. The van der Waals surface area contributed by atoms with Crippen LogP contribution >= 0.6 is 24.0 Å². The second kappa shape index (κ2) is 11.6. The summed E-state index contributed by atoms with van der Waals surface area (Å²) in [7, 11) is 1.64. The third-order valence-corrected chi connectivity index (χ3v) is 4.33. The van der Waals surface area contributed by atoms with Crippen molar-refractivity contribution < 1.29 is 13.2 Å². The van der Waals surface area contributed by atoms with Crippen molar-refractivity contribution in [3.05, 3.63) is 83.4 Å². The SMILES string of the molecule is CN=C(NCCc1ccn(-c2ccc(F)cc2)n1)NCCc1cc(F)ccc1F.I. The molecule has 0 fully saturated rings. The highest BCUT2D eigenvalue weighted by Gasteiger charge is 2.06. The van der Waals surface area contributed by atoms with Crippen LogP contribution in [0, 0.1) is 17.5 Å². The fourth-order valence-corrected chi connectivity index (χ4v) is 2.81. The lowest BCUT2D eigenvalue weighted by molar-refractivity contribution is 0.583. The van der Waals surface area contributed by atoms with E-state index in [1.165, 1.54) is 18.2 Å². The predicted molar refractivity (Wildman–Crippen MR) is 122 cm³/mol. The summed E-state index contributed by atoms with van der Waals surface area (Å²) in [4.78, 5) is 4.12. The van der Waals surface area contributed by atoms with Gasteiger partial charge in [0.1, 0.15) is 17.5 Å². The standard InChI is InChI=1S/C21H22F3N5.HI/c1-25-21(26-11-8-15-14-17(23)4-7-20(15)24)27-12-9-18-10-13-29(28-18)19-5-2-16(22)3-6-19;/h2-7,10,13-14H,8-9,11-12H2,1H3,(H2,25,26,27);1H. The van der Waals surface area contributed by atoms with Crippen LogP contribution in [0.4, 0.5) is 13.2 Å². The minimum atomic E-state index is -0.455. The fourth-order valence-electron chi connectivity index (χ4n) is 2.81. The molecule has 0 saturated carbocycles. The lowest BCUT2D eigenvalue weighted by atomic mass is 10.1. The molecular formula is C21H23F3IN5. The summed E-state index contributed by atoms with van der Waals surface area (Å²) in [5.41, 5.74) is 1.98. The van der Waals surface area contributed by atoms with E-state index in [0.717, 1.165) is 23.5 Å². The number of rotatable bonds is 7. The molecule has 1 heterocycles. The molecule has 160 valence electrons. The Morgan fingerprint density at radius 1 is 0.933 bits per heavy atom. The van der Waals surface area contributed by atoms with E-state index in [1.807, 2.05) is 12.3 Å². The first kappa shape index (κ1) is 23.7. The molecule has 5 nitrogen and oxygen atoms in total. The van der Waals surface area contributed by atoms with Gasteiger partial charge in [-0.3, -0.25) is 4.99 Å². The van der Waals surface area contributed by atoms with Crippen molar-refractivity contribution in [1.82, 2.24) is 20.4 Å². The highest BCUT2D eigenvalue weighted by atomic mass is 127. The zero-order valence-electron chi connectivity index (χ0n) is 16.4. The quantitative estimate of drug-likeness (QED) is 0.278. The van der Waals surface area contributed by atoms with Gasteiger partial charge in [-0.15, -0.1) is 24.0 Å². The largest absolute Gasteiger partial charge is 0.356 e. The molecule has 30 heavy (non-hydrogen) atoms. The lowest BCUT2D eigenvalue weighted by Crippen LogP contribution is -2.39. The Labute approximate surface area is 190 Å². The molecule has 0 spiro atoms. The van der Waals surface area contributed by atoms with E-state index >= 15 is 0 Å². The first-order valence-corrected chi connectivity index (χ1v) is 9.24. The summed E-state index contributed by atoms with van der Waals surface area (Å²) in [5, 5.41) is 10.7. The number of aromatic nitrogens is 2. The van der Waals surface area contributed by atoms with Gasteiger partial charge in [-0.2, -0.15) is 5.10 Å². The monoisotopic (exact) mass is 529 g/mol. The molecule has 0 aliphatic carbocycles. The van der Waals surface area contributed by atoms with Gasteiger partial charge in [0.25, 0.3) is 0 Å². The molecule has 0 amide bonds. The normalized spacial score (nSPS) is 11.1. The molecule has 9 heteroatoms. The molecular weight excluding hydrogens is 506 g/mol. The number of nitrogens with one attached hydrogen (secondary N) is 2. The average molecular weight is 529 g/mol. The van der Waals surface area contributed by atoms with Crippen molar-refractivity contribution in [2.75, 3.05) is 20.1 Å². The van der Waals surface area contributed by atoms with Gasteiger partial charge in [0.15, 0.2) is 5.96 Å². The van der Waals surface area contributed by atoms with Gasteiger partial charge >= 0.3 is 0 Å². The summed E-state index contributed by atoms with van der Waals surface area (Å²) in [6, 6.07) is 11.4. The first-order chi connectivity index (χ1) is 14.0. The van der Waals surface area contributed by atoms with Crippen molar-refractivity contribution in [3.8, 4) is 5.69 Å². The Bertz CT molecular complexity index is 973. The summed E-state index contributed by atoms with van der Waals surface area (Å²) in [6.45, 7) is 1.01. The number of nitrogens with zero attached hydrogens (tertiary/aromatic N) is 3. The molecule has 0 saturated heterocycles. The smallest absolute Gasteiger partial charge is 0.190 e. The Kier molecular flexibility index (Phi) is 9.15. The number of hydrogen-bond donors (Lipinski definition) is 2. The Morgan fingerprint density at radius 2 is 1.60 bits per heavy atom. The van der Waals surface area contributed by atoms with E-state index in [0.29, 0.717) is 37.5 Å². The van der Waals surface area contributed by atoms with E-state index in [2.05, 4.69) is 20.7 Å². The minimum absolute atomic E-state index is 0. The lowest BCUT2D eigenvalue weighted by Gasteiger charge is -2.11. The van der Waals surface area contributed by atoms with Gasteiger partial charge in [0, 0.05) is 32.8 Å². The van der Waals surface area contributed by atoms with Crippen molar-refractivity contribution in [1.29, 1.82) is 0 Å². The van der Waals surface area contributed by atoms with Crippen LogP contribution in [0.2, 0.25) is 0 Å². The predicted octanol–water partition coefficient (Wildman–Crippen LogP) is 3.86. The summed E-state index contributed by atoms with van der Waals surface area (Å²) in [6.07, 6.45) is 2.82. The van der Waals surface area contributed by atoms with Gasteiger partial charge in [0.2, 0.25) is 0 Å². The van der Waals surface area contributed by atoms with Gasteiger partial charge in [0.05, 0.1) is 11.4 Å². The maximum Gasteiger partial charge on any atom is 0.190 e. The second-order valence-corrected chi connectivity index (χ2v) is 6.39. The molecule has 3 rings (SSSR count). The Hall–Kier alpha value is -2.56. The summed E-state index contributed by atoms with van der Waals surface area (Å²) >= 11 is 0. The molecule has 0 atom stereocenters. The third-order valence-electron chi connectivity index (χ3n) is 4.33. The van der Waals surface area contributed by atoms with Crippen LogP contribution in [0.1, 0.15) is 11.3 Å². The van der Waals surface area contributed by atoms with E-state index < -0.39 is 11.6 Å². The van der Waals surface area contributed by atoms with Crippen molar-refractivity contribution in [3.63, 3.8) is 0 Å². The first-order valence-electron chi connectivity index (χ1n) is 9.24. The highest BCUT2D eigenvalue weighted by molar-refractivity contribution is 14.0. The van der Waals surface area contributed by atoms with Gasteiger partial charge < -0.3 is 10.6 Å². The zero-order chi connectivity index (χ0) is 20.6. The fraction of sp³-hybridized carbons (Fsp3) is 0.238. The molecule has 0 aliphatic rings. The maximum atomic E-state index is 13.6. The molecule has 2 N–H and O–H groups in total. The van der Waals surface area contributed by atoms with Crippen molar-refractivity contribution in [2.24, 2.45) is 4.99 Å². The topological polar surface area (TPSA) is 54.2 Å². The third kappa shape index (κ3) is 6.75. The van der Waals surface area contributed by atoms with Crippen molar-refractivity contribution >= 4 is 29.9 Å². The second-order valence-electron chi connectivity index (χ2n) is 6.39. The Balaban J connectivity index is 0.00000320. The summed E-state index contributed by atoms with van der Waals surface area (Å²) in [5.74, 6) is -0.596. The van der Waals surface area contributed by atoms with E-state index in [1.54, 1.807) is 23.9 Å². The van der Waals surface area contributed by atoms with Crippen LogP contribution in [-0.2, 0) is 12.8 Å². The molecule has 0 radical (unpaired) electrons. The molecule has 0 unspecified atom stereocenters. The highest BCUT2D eigenvalue weighted by Crippen LogP contribution is 2.10. The maximum absolute atomic E-state index is 13.6. The molecule has 1 aromatic heterocycles. The van der Waals surface area contributed by atoms with Gasteiger partial charge in [-0.05, 0) is 60.5 Å². The van der Waals surface area contributed by atoms with Gasteiger partial charge in [-0.25, -0.2) is 17.9 Å². The minimum Gasteiger partial charge on any atom is -0.356 e. The van der Waals surface area contributed by atoms with Crippen LogP contribution in [-0.4, -0.2) is 35.9 Å². The van der Waals surface area contributed by atoms with Crippen LogP contribution in [0.5, 0.6) is 0 Å². The van der Waals surface area contributed by atoms with Crippen LogP contribution < -0.4 is 10.6 Å². The van der Waals surface area contributed by atoms with E-state index in [9.17, 15) is 13.2 Å². The summed E-state index contributed by atoms with van der Waals surface area (Å²) < 4.78 is 41.6. The van der Waals surface area contributed by atoms with Crippen LogP contribution in [0.3, 0.4) is 0 Å². The number of hydrogen-bond acceptors (Lipinski definition) is 2. The van der Waals surface area contributed by atoms with Crippen molar-refractivity contribution in [2.45, 2.75) is 12.8 Å².